The smallest absolute Gasteiger partial charge is 0.306 e. The predicted octanol–water partition coefficient (Wildman–Crippen LogP) is 4.29. The van der Waals surface area contributed by atoms with Gasteiger partial charge in [-0.05, 0) is 42.8 Å². The van der Waals surface area contributed by atoms with Crippen LogP contribution in [-0.2, 0) is 4.79 Å². The zero-order valence-electron chi connectivity index (χ0n) is 12.5. The first-order chi connectivity index (χ1) is 11.5. The number of ether oxygens (including phenoxy) is 1. The van der Waals surface area contributed by atoms with E-state index in [1.165, 1.54) is 6.07 Å². The second-order valence-corrected chi connectivity index (χ2v) is 5.79. The van der Waals surface area contributed by atoms with Gasteiger partial charge in [0.25, 0.3) is 0 Å². The van der Waals surface area contributed by atoms with Crippen LogP contribution >= 0.6 is 15.9 Å². The summed E-state index contributed by atoms with van der Waals surface area (Å²) in [7, 11) is 0. The van der Waals surface area contributed by atoms with Crippen LogP contribution in [0.2, 0.25) is 0 Å². The van der Waals surface area contributed by atoms with Crippen LogP contribution in [0, 0.1) is 15.9 Å². The first kappa shape index (κ1) is 17.9. The average Bonchev–Trinajstić information content (AvgIpc) is 2.55. The highest BCUT2D eigenvalue weighted by Gasteiger charge is 2.15. The van der Waals surface area contributed by atoms with E-state index in [9.17, 15) is 19.3 Å². The quantitative estimate of drug-likeness (QED) is 0.429. The molecule has 2 rings (SSSR count). The van der Waals surface area contributed by atoms with E-state index in [0.717, 1.165) is 16.6 Å². The SMILES string of the molecule is O=C(CCCOc1ccc(Br)cc1)Nc1ccc(F)c([N+](=O)[O-])c1. The Bertz CT molecular complexity index is 737. The molecule has 0 heterocycles. The van der Waals surface area contributed by atoms with Gasteiger partial charge in [0.15, 0.2) is 0 Å². The second-order valence-electron chi connectivity index (χ2n) is 4.88. The highest BCUT2D eigenvalue weighted by Crippen LogP contribution is 2.22. The van der Waals surface area contributed by atoms with Crippen LogP contribution in [0.1, 0.15) is 12.8 Å². The fourth-order valence-corrected chi connectivity index (χ4v) is 2.17. The van der Waals surface area contributed by atoms with E-state index in [0.29, 0.717) is 18.8 Å². The molecule has 24 heavy (non-hydrogen) atoms. The summed E-state index contributed by atoms with van der Waals surface area (Å²) in [6.07, 6.45) is 0.660. The summed E-state index contributed by atoms with van der Waals surface area (Å²) in [4.78, 5) is 21.6. The largest absolute Gasteiger partial charge is 0.494 e. The second kappa shape index (κ2) is 8.39. The van der Waals surface area contributed by atoms with Crippen LogP contribution in [-0.4, -0.2) is 17.4 Å². The fraction of sp³-hybridized carbons (Fsp3) is 0.188. The number of rotatable bonds is 7. The number of amides is 1. The van der Waals surface area contributed by atoms with Gasteiger partial charge in [-0.3, -0.25) is 14.9 Å². The van der Waals surface area contributed by atoms with Crippen molar-refractivity contribution in [2.24, 2.45) is 0 Å². The summed E-state index contributed by atoms with van der Waals surface area (Å²) >= 11 is 3.32. The number of carbonyl (C=O) groups is 1. The number of benzene rings is 2. The number of anilines is 1. The number of nitro groups is 1. The molecule has 6 nitrogen and oxygen atoms in total. The lowest BCUT2D eigenvalue weighted by Gasteiger charge is -2.07. The summed E-state index contributed by atoms with van der Waals surface area (Å²) in [5.74, 6) is -0.566. The normalized spacial score (nSPS) is 10.2. The average molecular weight is 397 g/mol. The summed E-state index contributed by atoms with van der Waals surface area (Å²) in [5, 5.41) is 13.2. The van der Waals surface area contributed by atoms with E-state index >= 15 is 0 Å². The summed E-state index contributed by atoms with van der Waals surface area (Å²) in [6.45, 7) is 0.360. The van der Waals surface area contributed by atoms with Gasteiger partial charge in [0.2, 0.25) is 11.7 Å². The maximum atomic E-state index is 13.2. The Balaban J connectivity index is 1.78. The number of hydrogen-bond acceptors (Lipinski definition) is 4. The van der Waals surface area contributed by atoms with Gasteiger partial charge in [-0.15, -0.1) is 0 Å². The van der Waals surface area contributed by atoms with Crippen molar-refractivity contribution in [1.29, 1.82) is 0 Å². The van der Waals surface area contributed by atoms with Crippen molar-refractivity contribution in [2.75, 3.05) is 11.9 Å². The minimum atomic E-state index is -0.944. The molecule has 0 unspecified atom stereocenters. The molecule has 0 aliphatic rings. The molecular weight excluding hydrogens is 383 g/mol. The molecule has 0 bridgehead atoms. The lowest BCUT2D eigenvalue weighted by molar-refractivity contribution is -0.387. The van der Waals surface area contributed by atoms with Crippen molar-refractivity contribution < 1.29 is 18.8 Å². The molecule has 8 heteroatoms. The molecule has 0 aliphatic heterocycles. The van der Waals surface area contributed by atoms with E-state index in [-0.39, 0.29) is 18.0 Å². The Morgan fingerprint density at radius 2 is 1.96 bits per heavy atom. The number of nitrogens with zero attached hydrogens (tertiary/aromatic N) is 1. The molecule has 0 saturated heterocycles. The predicted molar refractivity (Wildman–Crippen MR) is 90.6 cm³/mol. The molecule has 2 aromatic carbocycles. The lowest BCUT2D eigenvalue weighted by Crippen LogP contribution is -2.13. The van der Waals surface area contributed by atoms with Crippen molar-refractivity contribution in [3.8, 4) is 5.75 Å². The van der Waals surface area contributed by atoms with E-state index in [1.54, 1.807) is 0 Å². The van der Waals surface area contributed by atoms with E-state index < -0.39 is 16.4 Å². The van der Waals surface area contributed by atoms with Crippen LogP contribution in [0.25, 0.3) is 0 Å². The van der Waals surface area contributed by atoms with Gasteiger partial charge in [-0.25, -0.2) is 0 Å². The van der Waals surface area contributed by atoms with Crippen molar-refractivity contribution >= 4 is 33.2 Å². The van der Waals surface area contributed by atoms with Gasteiger partial charge in [0.05, 0.1) is 11.5 Å². The Labute approximate surface area is 145 Å². The minimum absolute atomic E-state index is 0.182. The van der Waals surface area contributed by atoms with E-state index in [4.69, 9.17) is 4.74 Å². The highest BCUT2D eigenvalue weighted by molar-refractivity contribution is 9.10. The topological polar surface area (TPSA) is 81.5 Å². The molecule has 0 aliphatic carbocycles. The van der Waals surface area contributed by atoms with Crippen molar-refractivity contribution in [1.82, 2.24) is 0 Å². The third-order valence-corrected chi connectivity index (χ3v) is 3.59. The standard InChI is InChI=1S/C16H14BrFN2O4/c17-11-3-6-13(7-4-11)24-9-1-2-16(21)19-12-5-8-14(18)15(10-12)20(22)23/h3-8,10H,1-2,9H2,(H,19,21). The molecular formula is C16H14BrFN2O4. The molecule has 0 saturated carbocycles. The van der Waals surface area contributed by atoms with Crippen molar-refractivity contribution in [2.45, 2.75) is 12.8 Å². The summed E-state index contributed by atoms with van der Waals surface area (Å²) < 4.78 is 19.7. The number of halogens is 2. The Morgan fingerprint density at radius 3 is 2.62 bits per heavy atom. The highest BCUT2D eigenvalue weighted by atomic mass is 79.9. The molecule has 0 aromatic heterocycles. The van der Waals surface area contributed by atoms with Gasteiger partial charge >= 0.3 is 5.69 Å². The maximum Gasteiger partial charge on any atom is 0.306 e. The third kappa shape index (κ3) is 5.31. The zero-order chi connectivity index (χ0) is 17.5. The fourth-order valence-electron chi connectivity index (χ4n) is 1.91. The van der Waals surface area contributed by atoms with Crippen LogP contribution in [0.5, 0.6) is 5.75 Å². The van der Waals surface area contributed by atoms with Crippen LogP contribution < -0.4 is 10.1 Å². The molecule has 1 amide bonds. The van der Waals surface area contributed by atoms with Crippen LogP contribution in [0.15, 0.2) is 46.9 Å². The Kier molecular flexibility index (Phi) is 6.25. The number of nitro benzene ring substituents is 1. The molecule has 1 N–H and O–H groups in total. The van der Waals surface area contributed by atoms with Crippen LogP contribution in [0.3, 0.4) is 0 Å². The lowest BCUT2D eigenvalue weighted by atomic mass is 10.2. The molecule has 0 atom stereocenters. The number of nitrogens with one attached hydrogen (secondary N) is 1. The van der Waals surface area contributed by atoms with Gasteiger partial charge in [0.1, 0.15) is 5.75 Å². The van der Waals surface area contributed by atoms with Gasteiger partial charge < -0.3 is 10.1 Å². The molecule has 0 fully saturated rings. The van der Waals surface area contributed by atoms with Crippen molar-refractivity contribution in [3.63, 3.8) is 0 Å². The van der Waals surface area contributed by atoms with Gasteiger partial charge in [-0.1, -0.05) is 15.9 Å². The number of hydrogen-bond donors (Lipinski definition) is 1. The molecule has 0 spiro atoms. The summed E-state index contributed by atoms with van der Waals surface area (Å²) in [5.41, 5.74) is -0.492. The van der Waals surface area contributed by atoms with Gasteiger partial charge in [0, 0.05) is 22.6 Å². The summed E-state index contributed by atoms with van der Waals surface area (Å²) in [6, 6.07) is 10.5. The van der Waals surface area contributed by atoms with Crippen LogP contribution in [0.4, 0.5) is 15.8 Å². The van der Waals surface area contributed by atoms with E-state index in [1.807, 2.05) is 24.3 Å². The Morgan fingerprint density at radius 1 is 1.25 bits per heavy atom. The van der Waals surface area contributed by atoms with Gasteiger partial charge in [-0.2, -0.15) is 4.39 Å². The Hall–Kier alpha value is -2.48. The number of carbonyl (C=O) groups excluding carboxylic acids is 1. The maximum absolute atomic E-state index is 13.2. The molecule has 2 aromatic rings. The molecule has 126 valence electrons. The van der Waals surface area contributed by atoms with E-state index in [2.05, 4.69) is 21.2 Å². The first-order valence-corrected chi connectivity index (χ1v) is 7.87. The minimum Gasteiger partial charge on any atom is -0.494 e. The third-order valence-electron chi connectivity index (χ3n) is 3.06. The zero-order valence-corrected chi connectivity index (χ0v) is 14.1. The molecule has 0 radical (unpaired) electrons. The first-order valence-electron chi connectivity index (χ1n) is 7.08. The van der Waals surface area contributed by atoms with Crippen molar-refractivity contribution in [3.05, 3.63) is 62.9 Å². The monoisotopic (exact) mass is 396 g/mol.